The minimum absolute atomic E-state index is 0.113. The molecule has 1 aromatic rings. The van der Waals surface area contributed by atoms with Crippen LogP contribution in [-0.4, -0.2) is 20.8 Å². The van der Waals surface area contributed by atoms with Gasteiger partial charge in [0.1, 0.15) is 5.75 Å². The Kier molecular flexibility index (Phi) is 6.13. The minimum Gasteiger partial charge on any atom is -0.491 e. The Balaban J connectivity index is 2.86. The van der Waals surface area contributed by atoms with Crippen molar-refractivity contribution in [3.63, 3.8) is 0 Å². The highest BCUT2D eigenvalue weighted by Crippen LogP contribution is 2.32. The Bertz CT molecular complexity index is 557. The zero-order valence-electron chi connectivity index (χ0n) is 11.5. The molecule has 0 unspecified atom stereocenters. The third kappa shape index (κ3) is 5.13. The van der Waals surface area contributed by atoms with Crippen LogP contribution in [0.25, 0.3) is 0 Å². The molecular formula is C13H19Cl2NO3S. The fourth-order valence-corrected chi connectivity index (χ4v) is 3.76. The SMILES string of the molecule is CCC(CC)(COc1ccc(Cl)cc1Cl)CS(N)(=O)=O. The third-order valence-corrected chi connectivity index (χ3v) is 4.98. The van der Waals surface area contributed by atoms with Gasteiger partial charge in [-0.3, -0.25) is 0 Å². The molecule has 0 saturated carbocycles. The van der Waals surface area contributed by atoms with E-state index in [0.29, 0.717) is 28.6 Å². The van der Waals surface area contributed by atoms with Gasteiger partial charge in [-0.1, -0.05) is 37.0 Å². The maximum atomic E-state index is 11.4. The average Bonchev–Trinajstić information content (AvgIpc) is 2.35. The Morgan fingerprint density at radius 2 is 1.85 bits per heavy atom. The summed E-state index contributed by atoms with van der Waals surface area (Å²) in [5.41, 5.74) is -0.517. The number of primary sulfonamides is 1. The second-order valence-corrected chi connectivity index (χ2v) is 7.34. The highest BCUT2D eigenvalue weighted by atomic mass is 35.5. The smallest absolute Gasteiger partial charge is 0.209 e. The van der Waals surface area contributed by atoms with Gasteiger partial charge in [-0.25, -0.2) is 13.6 Å². The third-order valence-electron chi connectivity index (χ3n) is 3.44. The highest BCUT2D eigenvalue weighted by molar-refractivity contribution is 7.89. The lowest BCUT2D eigenvalue weighted by atomic mass is 9.85. The van der Waals surface area contributed by atoms with Crippen LogP contribution < -0.4 is 9.88 Å². The molecule has 0 aliphatic rings. The number of ether oxygens (including phenoxy) is 1. The van der Waals surface area contributed by atoms with Gasteiger partial charge >= 0.3 is 0 Å². The van der Waals surface area contributed by atoms with E-state index in [1.165, 1.54) is 0 Å². The normalized spacial score (nSPS) is 12.4. The van der Waals surface area contributed by atoms with Crippen molar-refractivity contribution in [1.29, 1.82) is 0 Å². The summed E-state index contributed by atoms with van der Waals surface area (Å²) in [6.07, 6.45) is 1.29. The van der Waals surface area contributed by atoms with Crippen molar-refractivity contribution >= 4 is 33.2 Å². The number of sulfonamides is 1. The first-order valence-electron chi connectivity index (χ1n) is 6.29. The van der Waals surface area contributed by atoms with Crippen LogP contribution in [0.15, 0.2) is 18.2 Å². The van der Waals surface area contributed by atoms with Crippen molar-refractivity contribution < 1.29 is 13.2 Å². The first-order chi connectivity index (χ1) is 9.21. The molecule has 114 valence electrons. The molecule has 0 bridgehead atoms. The van der Waals surface area contributed by atoms with Gasteiger partial charge in [-0.05, 0) is 31.0 Å². The van der Waals surface area contributed by atoms with Crippen molar-refractivity contribution in [3.05, 3.63) is 28.2 Å². The fourth-order valence-electron chi connectivity index (χ4n) is 1.95. The van der Waals surface area contributed by atoms with E-state index in [1.807, 2.05) is 13.8 Å². The van der Waals surface area contributed by atoms with Gasteiger partial charge in [0, 0.05) is 10.4 Å². The molecule has 7 heteroatoms. The number of halogens is 2. The molecule has 0 aliphatic heterocycles. The number of nitrogens with two attached hydrogens (primary N) is 1. The van der Waals surface area contributed by atoms with Crippen molar-refractivity contribution in [3.8, 4) is 5.75 Å². The van der Waals surface area contributed by atoms with Gasteiger partial charge in [0.05, 0.1) is 17.4 Å². The minimum atomic E-state index is -3.56. The Morgan fingerprint density at radius 3 is 2.30 bits per heavy atom. The summed E-state index contributed by atoms with van der Waals surface area (Å²) in [6.45, 7) is 4.07. The monoisotopic (exact) mass is 339 g/mol. The van der Waals surface area contributed by atoms with Crippen LogP contribution in [0.1, 0.15) is 26.7 Å². The summed E-state index contributed by atoms with van der Waals surface area (Å²) in [7, 11) is -3.56. The number of hydrogen-bond donors (Lipinski definition) is 1. The van der Waals surface area contributed by atoms with Gasteiger partial charge in [0.15, 0.2) is 0 Å². The predicted molar refractivity (Wildman–Crippen MR) is 82.9 cm³/mol. The van der Waals surface area contributed by atoms with Gasteiger partial charge in [0.25, 0.3) is 0 Å². The summed E-state index contributed by atoms with van der Waals surface area (Å²) < 4.78 is 28.4. The summed E-state index contributed by atoms with van der Waals surface area (Å²) in [5.74, 6) is 0.370. The number of rotatable bonds is 7. The molecule has 0 heterocycles. The Morgan fingerprint density at radius 1 is 1.25 bits per heavy atom. The number of hydrogen-bond acceptors (Lipinski definition) is 3. The van der Waals surface area contributed by atoms with Gasteiger partial charge < -0.3 is 4.74 Å². The van der Waals surface area contributed by atoms with Crippen LogP contribution in [0.2, 0.25) is 10.0 Å². The lowest BCUT2D eigenvalue weighted by molar-refractivity contribution is 0.154. The van der Waals surface area contributed by atoms with Gasteiger partial charge in [-0.15, -0.1) is 0 Å². The molecule has 0 atom stereocenters. The first kappa shape index (κ1) is 17.6. The van der Waals surface area contributed by atoms with E-state index in [9.17, 15) is 8.42 Å². The van der Waals surface area contributed by atoms with Crippen LogP contribution in [0, 0.1) is 5.41 Å². The maximum absolute atomic E-state index is 11.4. The average molecular weight is 340 g/mol. The molecule has 0 saturated heterocycles. The van der Waals surface area contributed by atoms with Crippen LogP contribution in [-0.2, 0) is 10.0 Å². The largest absolute Gasteiger partial charge is 0.491 e. The zero-order valence-corrected chi connectivity index (χ0v) is 13.9. The maximum Gasteiger partial charge on any atom is 0.209 e. The van der Waals surface area contributed by atoms with Gasteiger partial charge in [0.2, 0.25) is 10.0 Å². The quantitative estimate of drug-likeness (QED) is 0.826. The van der Waals surface area contributed by atoms with E-state index in [1.54, 1.807) is 18.2 Å². The molecule has 20 heavy (non-hydrogen) atoms. The standard InChI is InChI=1S/C13H19Cl2NO3S/c1-3-13(4-2,9-20(16,17)18)8-19-12-6-5-10(14)7-11(12)15/h5-7H,3-4,8-9H2,1-2H3,(H2,16,17,18). The second-order valence-electron chi connectivity index (χ2n) is 4.88. The van der Waals surface area contributed by atoms with E-state index in [0.717, 1.165) is 0 Å². The predicted octanol–water partition coefficient (Wildman–Crippen LogP) is 3.47. The summed E-state index contributed by atoms with van der Waals surface area (Å²) in [5, 5.41) is 6.08. The van der Waals surface area contributed by atoms with E-state index in [2.05, 4.69) is 0 Å². The van der Waals surface area contributed by atoms with E-state index < -0.39 is 15.4 Å². The lowest BCUT2D eigenvalue weighted by Crippen LogP contribution is -2.37. The molecule has 1 aromatic carbocycles. The van der Waals surface area contributed by atoms with Crippen molar-refractivity contribution in [2.45, 2.75) is 26.7 Å². The van der Waals surface area contributed by atoms with Crippen LogP contribution in [0.3, 0.4) is 0 Å². The molecule has 0 spiro atoms. The summed E-state index contributed by atoms with van der Waals surface area (Å²) in [4.78, 5) is 0. The molecule has 1 rings (SSSR count). The van der Waals surface area contributed by atoms with Crippen LogP contribution in [0.4, 0.5) is 0 Å². The lowest BCUT2D eigenvalue weighted by Gasteiger charge is -2.30. The van der Waals surface area contributed by atoms with Crippen LogP contribution >= 0.6 is 23.2 Å². The van der Waals surface area contributed by atoms with Crippen molar-refractivity contribution in [1.82, 2.24) is 0 Å². The zero-order chi connectivity index (χ0) is 15.4. The van der Waals surface area contributed by atoms with Crippen LogP contribution in [0.5, 0.6) is 5.75 Å². The highest BCUT2D eigenvalue weighted by Gasteiger charge is 2.32. The van der Waals surface area contributed by atoms with Crippen molar-refractivity contribution in [2.24, 2.45) is 10.6 Å². The van der Waals surface area contributed by atoms with E-state index in [-0.39, 0.29) is 12.4 Å². The van der Waals surface area contributed by atoms with E-state index in [4.69, 9.17) is 33.1 Å². The molecule has 0 amide bonds. The fraction of sp³-hybridized carbons (Fsp3) is 0.538. The second kappa shape index (κ2) is 6.98. The summed E-state index contributed by atoms with van der Waals surface area (Å²) in [6, 6.07) is 4.91. The summed E-state index contributed by atoms with van der Waals surface area (Å²) >= 11 is 11.8. The van der Waals surface area contributed by atoms with Gasteiger partial charge in [-0.2, -0.15) is 0 Å². The first-order valence-corrected chi connectivity index (χ1v) is 8.77. The Hall–Kier alpha value is -0.490. The van der Waals surface area contributed by atoms with Crippen molar-refractivity contribution in [2.75, 3.05) is 12.4 Å². The molecule has 2 N–H and O–H groups in total. The molecule has 0 radical (unpaired) electrons. The number of benzene rings is 1. The molecule has 0 fully saturated rings. The molecule has 4 nitrogen and oxygen atoms in total. The molecule has 0 aromatic heterocycles. The van der Waals surface area contributed by atoms with E-state index >= 15 is 0 Å². The molecular weight excluding hydrogens is 321 g/mol. The Labute approximate surface area is 130 Å². The molecule has 0 aliphatic carbocycles. The topological polar surface area (TPSA) is 69.4 Å².